The van der Waals surface area contributed by atoms with E-state index in [-0.39, 0.29) is 6.61 Å². The van der Waals surface area contributed by atoms with Crippen molar-refractivity contribution in [1.82, 2.24) is 9.78 Å². The van der Waals surface area contributed by atoms with Gasteiger partial charge < -0.3 is 9.84 Å². The SMILES string of the molecule is Cc1ccc(-n2nc(C)cc2COc2ccc(CCCO)cc2)cc1. The quantitative estimate of drug-likeness (QED) is 0.709. The van der Waals surface area contributed by atoms with Gasteiger partial charge in [0.05, 0.1) is 17.1 Å². The first-order chi connectivity index (χ1) is 12.2. The van der Waals surface area contributed by atoms with E-state index in [1.807, 2.05) is 35.9 Å². The second kappa shape index (κ2) is 7.99. The fourth-order valence-electron chi connectivity index (χ4n) is 2.76. The Morgan fingerprint density at radius 3 is 2.40 bits per heavy atom. The lowest BCUT2D eigenvalue weighted by molar-refractivity contribution is 0.288. The smallest absolute Gasteiger partial charge is 0.130 e. The van der Waals surface area contributed by atoms with Gasteiger partial charge in [-0.05, 0) is 62.6 Å². The zero-order chi connectivity index (χ0) is 17.6. The minimum atomic E-state index is 0.223. The molecule has 0 saturated heterocycles. The highest BCUT2D eigenvalue weighted by molar-refractivity contribution is 5.36. The summed E-state index contributed by atoms with van der Waals surface area (Å²) in [4.78, 5) is 0. The van der Waals surface area contributed by atoms with E-state index in [9.17, 15) is 0 Å². The molecule has 0 bridgehead atoms. The summed E-state index contributed by atoms with van der Waals surface area (Å²) in [6, 6.07) is 18.4. The number of aliphatic hydroxyl groups is 1. The van der Waals surface area contributed by atoms with E-state index in [1.54, 1.807) is 0 Å². The number of hydrogen-bond acceptors (Lipinski definition) is 3. The Labute approximate surface area is 148 Å². The molecule has 0 fully saturated rings. The molecule has 0 saturated carbocycles. The molecule has 0 radical (unpaired) electrons. The normalized spacial score (nSPS) is 10.8. The summed E-state index contributed by atoms with van der Waals surface area (Å²) in [5.74, 6) is 0.835. The standard InChI is InChI=1S/C21H24N2O2/c1-16-5-9-19(10-6-16)23-20(14-17(2)22-23)15-25-21-11-7-18(8-12-21)4-3-13-24/h5-12,14,24H,3-4,13,15H2,1-2H3. The number of rotatable bonds is 7. The van der Waals surface area contributed by atoms with E-state index in [1.165, 1.54) is 11.1 Å². The topological polar surface area (TPSA) is 47.3 Å². The average Bonchev–Trinajstić information content (AvgIpc) is 3.00. The number of benzene rings is 2. The summed E-state index contributed by atoms with van der Waals surface area (Å²) in [6.45, 7) is 4.75. The van der Waals surface area contributed by atoms with E-state index in [0.29, 0.717) is 6.61 Å². The highest BCUT2D eigenvalue weighted by atomic mass is 16.5. The summed E-state index contributed by atoms with van der Waals surface area (Å²) >= 11 is 0. The van der Waals surface area contributed by atoms with Gasteiger partial charge in [0.25, 0.3) is 0 Å². The van der Waals surface area contributed by atoms with Gasteiger partial charge in [-0.2, -0.15) is 5.10 Å². The van der Waals surface area contributed by atoms with E-state index in [4.69, 9.17) is 9.84 Å². The Kier molecular flexibility index (Phi) is 5.51. The molecule has 1 heterocycles. The maximum Gasteiger partial charge on any atom is 0.130 e. The second-order valence-electron chi connectivity index (χ2n) is 6.28. The maximum atomic E-state index is 8.90. The minimum Gasteiger partial charge on any atom is -0.487 e. The van der Waals surface area contributed by atoms with Gasteiger partial charge in [-0.1, -0.05) is 29.8 Å². The molecule has 25 heavy (non-hydrogen) atoms. The molecule has 3 aromatic rings. The molecule has 0 aliphatic carbocycles. The van der Waals surface area contributed by atoms with Crippen molar-refractivity contribution in [3.05, 3.63) is 77.1 Å². The van der Waals surface area contributed by atoms with Crippen LogP contribution in [-0.4, -0.2) is 21.5 Å². The van der Waals surface area contributed by atoms with Gasteiger partial charge in [0.1, 0.15) is 12.4 Å². The van der Waals surface area contributed by atoms with Crippen LogP contribution in [0.1, 0.15) is 28.9 Å². The highest BCUT2D eigenvalue weighted by Crippen LogP contribution is 2.18. The number of aliphatic hydroxyl groups excluding tert-OH is 1. The van der Waals surface area contributed by atoms with Crippen LogP contribution >= 0.6 is 0 Å². The average molecular weight is 336 g/mol. The number of ether oxygens (including phenoxy) is 1. The van der Waals surface area contributed by atoms with Crippen LogP contribution in [0, 0.1) is 13.8 Å². The molecular weight excluding hydrogens is 312 g/mol. The van der Waals surface area contributed by atoms with Crippen LogP contribution < -0.4 is 4.74 Å². The third-order valence-electron chi connectivity index (χ3n) is 4.12. The van der Waals surface area contributed by atoms with Crippen molar-refractivity contribution in [3.8, 4) is 11.4 Å². The molecule has 0 unspecified atom stereocenters. The summed E-state index contributed by atoms with van der Waals surface area (Å²) < 4.78 is 7.88. The van der Waals surface area contributed by atoms with Crippen molar-refractivity contribution in [2.75, 3.05) is 6.61 Å². The van der Waals surface area contributed by atoms with E-state index >= 15 is 0 Å². The third-order valence-corrected chi connectivity index (χ3v) is 4.12. The fraction of sp³-hybridized carbons (Fsp3) is 0.286. The fourth-order valence-corrected chi connectivity index (χ4v) is 2.76. The Hall–Kier alpha value is -2.59. The zero-order valence-corrected chi connectivity index (χ0v) is 14.8. The number of hydrogen-bond donors (Lipinski definition) is 1. The molecule has 3 rings (SSSR count). The molecule has 0 atom stereocenters. The Morgan fingerprint density at radius 1 is 1.00 bits per heavy atom. The molecule has 130 valence electrons. The first-order valence-corrected chi connectivity index (χ1v) is 8.61. The number of nitrogens with zero attached hydrogens (tertiary/aromatic N) is 2. The maximum absolute atomic E-state index is 8.90. The lowest BCUT2D eigenvalue weighted by Crippen LogP contribution is -2.05. The highest BCUT2D eigenvalue weighted by Gasteiger charge is 2.08. The number of aryl methyl sites for hydroxylation is 3. The lowest BCUT2D eigenvalue weighted by Gasteiger charge is -2.10. The van der Waals surface area contributed by atoms with Crippen LogP contribution in [0.25, 0.3) is 5.69 Å². The van der Waals surface area contributed by atoms with Crippen molar-refractivity contribution in [2.45, 2.75) is 33.3 Å². The first kappa shape index (κ1) is 17.2. The van der Waals surface area contributed by atoms with E-state index < -0.39 is 0 Å². The third kappa shape index (κ3) is 4.48. The van der Waals surface area contributed by atoms with Crippen LogP contribution in [0.2, 0.25) is 0 Å². The Bertz CT molecular complexity index is 805. The number of aromatic nitrogens is 2. The predicted molar refractivity (Wildman–Crippen MR) is 99.2 cm³/mol. The van der Waals surface area contributed by atoms with Gasteiger partial charge in [-0.3, -0.25) is 0 Å². The summed E-state index contributed by atoms with van der Waals surface area (Å²) in [5, 5.41) is 13.5. The van der Waals surface area contributed by atoms with Crippen LogP contribution in [0.4, 0.5) is 0 Å². The first-order valence-electron chi connectivity index (χ1n) is 8.61. The molecule has 4 nitrogen and oxygen atoms in total. The van der Waals surface area contributed by atoms with E-state index in [2.05, 4.69) is 42.4 Å². The lowest BCUT2D eigenvalue weighted by atomic mass is 10.1. The molecule has 0 spiro atoms. The molecule has 4 heteroatoms. The van der Waals surface area contributed by atoms with E-state index in [0.717, 1.165) is 35.7 Å². The molecule has 1 aromatic heterocycles. The van der Waals surface area contributed by atoms with Crippen LogP contribution in [0.5, 0.6) is 5.75 Å². The summed E-state index contributed by atoms with van der Waals surface area (Å²) in [6.07, 6.45) is 1.67. The van der Waals surface area contributed by atoms with Crippen LogP contribution in [0.3, 0.4) is 0 Å². The Balaban J connectivity index is 1.70. The predicted octanol–water partition coefficient (Wildman–Crippen LogP) is 3.99. The molecular formula is C21H24N2O2. The zero-order valence-electron chi connectivity index (χ0n) is 14.8. The van der Waals surface area contributed by atoms with Gasteiger partial charge in [-0.25, -0.2) is 4.68 Å². The van der Waals surface area contributed by atoms with Crippen molar-refractivity contribution in [1.29, 1.82) is 0 Å². The van der Waals surface area contributed by atoms with Crippen LogP contribution in [0.15, 0.2) is 54.6 Å². The van der Waals surface area contributed by atoms with Gasteiger partial charge in [0.15, 0.2) is 0 Å². The van der Waals surface area contributed by atoms with Crippen molar-refractivity contribution in [3.63, 3.8) is 0 Å². The second-order valence-corrected chi connectivity index (χ2v) is 6.28. The van der Waals surface area contributed by atoms with Gasteiger partial charge in [-0.15, -0.1) is 0 Å². The Morgan fingerprint density at radius 2 is 1.72 bits per heavy atom. The molecule has 1 N–H and O–H groups in total. The minimum absolute atomic E-state index is 0.223. The molecule has 2 aromatic carbocycles. The molecule has 0 aliphatic heterocycles. The van der Waals surface area contributed by atoms with Gasteiger partial charge >= 0.3 is 0 Å². The van der Waals surface area contributed by atoms with Crippen LogP contribution in [-0.2, 0) is 13.0 Å². The van der Waals surface area contributed by atoms with Crippen molar-refractivity contribution < 1.29 is 9.84 Å². The van der Waals surface area contributed by atoms with Gasteiger partial charge in [0.2, 0.25) is 0 Å². The molecule has 0 amide bonds. The van der Waals surface area contributed by atoms with Crippen molar-refractivity contribution in [2.24, 2.45) is 0 Å². The van der Waals surface area contributed by atoms with Gasteiger partial charge in [0, 0.05) is 6.61 Å². The molecule has 0 aliphatic rings. The largest absolute Gasteiger partial charge is 0.487 e. The van der Waals surface area contributed by atoms with Crippen molar-refractivity contribution >= 4 is 0 Å². The summed E-state index contributed by atoms with van der Waals surface area (Å²) in [7, 11) is 0. The monoisotopic (exact) mass is 336 g/mol. The summed E-state index contributed by atoms with van der Waals surface area (Å²) in [5.41, 5.74) is 5.47.